The van der Waals surface area contributed by atoms with Crippen LogP contribution in [0.5, 0.6) is 0 Å². The average molecular weight is 360 g/mol. The summed E-state index contributed by atoms with van der Waals surface area (Å²) in [6, 6.07) is 3.86. The van der Waals surface area contributed by atoms with Gasteiger partial charge in [0.05, 0.1) is 18.6 Å². The van der Waals surface area contributed by atoms with Gasteiger partial charge >= 0.3 is 0 Å². The molecule has 3 heterocycles. The molecule has 134 valence electrons. The number of carbonyl (C=O) groups is 1. The van der Waals surface area contributed by atoms with Crippen molar-refractivity contribution in [2.75, 3.05) is 18.8 Å². The van der Waals surface area contributed by atoms with Gasteiger partial charge in [-0.15, -0.1) is 10.2 Å². The van der Waals surface area contributed by atoms with Crippen LogP contribution in [-0.2, 0) is 11.3 Å². The van der Waals surface area contributed by atoms with Gasteiger partial charge in [-0.1, -0.05) is 18.7 Å². The first-order chi connectivity index (χ1) is 12.2. The van der Waals surface area contributed by atoms with Gasteiger partial charge < -0.3 is 9.32 Å². The summed E-state index contributed by atoms with van der Waals surface area (Å²) in [7, 11) is 0. The number of hydrogen-bond donors (Lipinski definition) is 0. The average Bonchev–Trinajstić information content (AvgIpc) is 3.18. The predicted molar refractivity (Wildman–Crippen MR) is 95.5 cm³/mol. The molecule has 2 fully saturated rings. The second-order valence-electron chi connectivity index (χ2n) is 7.16. The van der Waals surface area contributed by atoms with E-state index in [1.807, 2.05) is 17.0 Å². The minimum Gasteiger partial charge on any atom is -0.467 e. The monoisotopic (exact) mass is 360 g/mol. The molecule has 1 saturated heterocycles. The van der Waals surface area contributed by atoms with Gasteiger partial charge in [-0.2, -0.15) is 0 Å². The quantitative estimate of drug-likeness (QED) is 0.741. The fraction of sp³-hybridized carbons (Fsp3) is 0.611. The largest absolute Gasteiger partial charge is 0.467 e. The zero-order chi connectivity index (χ0) is 17.2. The van der Waals surface area contributed by atoms with Gasteiger partial charge in [0.2, 0.25) is 5.91 Å². The number of hydrogen-bond acceptors (Lipinski definition) is 5. The Morgan fingerprint density at radius 2 is 2.24 bits per heavy atom. The van der Waals surface area contributed by atoms with Crippen LogP contribution in [0.1, 0.15) is 50.1 Å². The first kappa shape index (κ1) is 16.7. The molecule has 4 rings (SSSR count). The minimum atomic E-state index is 0.206. The number of thioether (sulfide) groups is 1. The Kier molecular flexibility index (Phi) is 4.83. The lowest BCUT2D eigenvalue weighted by Gasteiger charge is -2.30. The van der Waals surface area contributed by atoms with Gasteiger partial charge in [0.15, 0.2) is 5.16 Å². The van der Waals surface area contributed by atoms with Crippen molar-refractivity contribution in [2.24, 2.45) is 5.92 Å². The summed E-state index contributed by atoms with van der Waals surface area (Å²) in [5.41, 5.74) is 0. The van der Waals surface area contributed by atoms with E-state index in [0.29, 0.717) is 24.1 Å². The molecule has 1 aliphatic carbocycles. The van der Waals surface area contributed by atoms with Crippen LogP contribution in [0.4, 0.5) is 0 Å². The lowest BCUT2D eigenvalue weighted by molar-refractivity contribution is -0.130. The number of carbonyl (C=O) groups excluding carboxylic acids is 1. The van der Waals surface area contributed by atoms with Crippen LogP contribution in [0, 0.1) is 5.92 Å². The molecule has 2 aliphatic rings. The third-order valence-electron chi connectivity index (χ3n) is 4.92. The van der Waals surface area contributed by atoms with E-state index in [9.17, 15) is 4.79 Å². The Bertz CT molecular complexity index is 724. The zero-order valence-corrected chi connectivity index (χ0v) is 15.4. The molecular weight excluding hydrogens is 336 g/mol. The molecule has 1 saturated carbocycles. The van der Waals surface area contributed by atoms with Gasteiger partial charge in [-0.3, -0.25) is 9.36 Å². The number of rotatable bonds is 6. The van der Waals surface area contributed by atoms with Crippen molar-refractivity contribution in [3.63, 3.8) is 0 Å². The second-order valence-corrected chi connectivity index (χ2v) is 8.10. The summed E-state index contributed by atoms with van der Waals surface area (Å²) in [5, 5.41) is 9.56. The molecule has 0 radical (unpaired) electrons. The Balaban J connectivity index is 1.44. The third kappa shape index (κ3) is 3.92. The summed E-state index contributed by atoms with van der Waals surface area (Å²) < 4.78 is 7.61. The van der Waals surface area contributed by atoms with Crippen LogP contribution in [0.2, 0.25) is 0 Å². The van der Waals surface area contributed by atoms with E-state index in [1.165, 1.54) is 31.0 Å². The maximum absolute atomic E-state index is 12.5. The lowest BCUT2D eigenvalue weighted by atomic mass is 10.0. The summed E-state index contributed by atoms with van der Waals surface area (Å²) in [6.45, 7) is 4.61. The van der Waals surface area contributed by atoms with Crippen LogP contribution in [0.3, 0.4) is 0 Å². The summed E-state index contributed by atoms with van der Waals surface area (Å²) in [4.78, 5) is 14.5. The Labute approximate surface area is 152 Å². The fourth-order valence-electron chi connectivity index (χ4n) is 3.39. The van der Waals surface area contributed by atoms with Crippen molar-refractivity contribution in [3.05, 3.63) is 30.0 Å². The van der Waals surface area contributed by atoms with E-state index in [2.05, 4.69) is 21.7 Å². The first-order valence-corrected chi connectivity index (χ1v) is 10.1. The summed E-state index contributed by atoms with van der Waals surface area (Å²) in [5.74, 6) is 3.66. The van der Waals surface area contributed by atoms with Crippen molar-refractivity contribution in [2.45, 2.75) is 50.2 Å². The molecule has 1 amide bonds. The van der Waals surface area contributed by atoms with Crippen LogP contribution < -0.4 is 0 Å². The first-order valence-electron chi connectivity index (χ1n) is 9.06. The number of piperidine rings is 1. The predicted octanol–water partition coefficient (Wildman–Crippen LogP) is 3.15. The molecule has 1 atom stereocenters. The molecule has 25 heavy (non-hydrogen) atoms. The summed E-state index contributed by atoms with van der Waals surface area (Å²) >= 11 is 1.49. The van der Waals surface area contributed by atoms with E-state index < -0.39 is 0 Å². The second kappa shape index (κ2) is 7.23. The number of likely N-dealkylation sites (tertiary alicyclic amines) is 1. The van der Waals surface area contributed by atoms with Crippen LogP contribution in [0.25, 0.3) is 0 Å². The summed E-state index contributed by atoms with van der Waals surface area (Å²) in [6.07, 6.45) is 6.36. The van der Waals surface area contributed by atoms with E-state index in [-0.39, 0.29) is 5.91 Å². The maximum atomic E-state index is 12.5. The van der Waals surface area contributed by atoms with Gasteiger partial charge in [-0.05, 0) is 43.7 Å². The molecule has 0 N–H and O–H groups in total. The Hall–Kier alpha value is -1.76. The SMILES string of the molecule is C[C@@H]1CCCN(C(=O)CSc2nnc(C3CC3)n2Cc2ccco2)C1. The van der Waals surface area contributed by atoms with Crippen molar-refractivity contribution in [1.82, 2.24) is 19.7 Å². The fourth-order valence-corrected chi connectivity index (χ4v) is 4.24. The number of furan rings is 1. The van der Waals surface area contributed by atoms with Crippen molar-refractivity contribution < 1.29 is 9.21 Å². The van der Waals surface area contributed by atoms with Gasteiger partial charge in [0, 0.05) is 19.0 Å². The highest BCUT2D eigenvalue weighted by Gasteiger charge is 2.31. The standard InChI is InChI=1S/C18H24N4O2S/c1-13-4-2-8-21(10-13)16(23)12-25-18-20-19-17(14-6-7-14)22(18)11-15-5-3-9-24-15/h3,5,9,13-14H,2,4,6-8,10-12H2,1H3/t13-/m1/s1. The molecule has 7 heteroatoms. The van der Waals surface area contributed by atoms with Crippen LogP contribution in [0.15, 0.2) is 28.0 Å². The van der Waals surface area contributed by atoms with E-state index in [4.69, 9.17) is 4.42 Å². The molecule has 0 spiro atoms. The van der Waals surface area contributed by atoms with Gasteiger partial charge in [0.25, 0.3) is 0 Å². The molecule has 0 aromatic carbocycles. The molecular formula is C18H24N4O2S. The topological polar surface area (TPSA) is 64.2 Å². The Morgan fingerprint density at radius 1 is 1.36 bits per heavy atom. The normalized spacial score (nSPS) is 20.8. The number of amides is 1. The lowest BCUT2D eigenvalue weighted by Crippen LogP contribution is -2.40. The number of aromatic nitrogens is 3. The highest BCUT2D eigenvalue weighted by Crippen LogP contribution is 2.40. The molecule has 6 nitrogen and oxygen atoms in total. The van der Waals surface area contributed by atoms with E-state index in [0.717, 1.165) is 36.3 Å². The highest BCUT2D eigenvalue weighted by atomic mass is 32.2. The molecule has 1 aliphatic heterocycles. The highest BCUT2D eigenvalue weighted by molar-refractivity contribution is 7.99. The van der Waals surface area contributed by atoms with Crippen molar-refractivity contribution in [1.29, 1.82) is 0 Å². The maximum Gasteiger partial charge on any atom is 0.233 e. The zero-order valence-electron chi connectivity index (χ0n) is 14.6. The smallest absolute Gasteiger partial charge is 0.233 e. The van der Waals surface area contributed by atoms with Gasteiger partial charge in [-0.25, -0.2) is 0 Å². The van der Waals surface area contributed by atoms with E-state index >= 15 is 0 Å². The number of nitrogens with zero attached hydrogens (tertiary/aromatic N) is 4. The molecule has 0 unspecified atom stereocenters. The third-order valence-corrected chi connectivity index (χ3v) is 5.87. The van der Waals surface area contributed by atoms with E-state index in [1.54, 1.807) is 6.26 Å². The van der Waals surface area contributed by atoms with Crippen molar-refractivity contribution >= 4 is 17.7 Å². The molecule has 2 aromatic rings. The molecule has 0 bridgehead atoms. The molecule has 2 aromatic heterocycles. The minimum absolute atomic E-state index is 0.206. The van der Waals surface area contributed by atoms with Crippen LogP contribution >= 0.6 is 11.8 Å². The van der Waals surface area contributed by atoms with Gasteiger partial charge in [0.1, 0.15) is 11.6 Å². The van der Waals surface area contributed by atoms with Crippen LogP contribution in [-0.4, -0.2) is 44.4 Å². The Morgan fingerprint density at radius 3 is 2.96 bits per heavy atom. The van der Waals surface area contributed by atoms with Crippen molar-refractivity contribution in [3.8, 4) is 0 Å².